The number of thioether (sulfide) groups is 1. The number of pyridine rings is 1. The lowest BCUT2D eigenvalue weighted by atomic mass is 10.1. The predicted octanol–water partition coefficient (Wildman–Crippen LogP) is 3.71. The second-order valence-corrected chi connectivity index (χ2v) is 7.61. The summed E-state index contributed by atoms with van der Waals surface area (Å²) in [6.45, 7) is 2.06. The third kappa shape index (κ3) is 3.06. The third-order valence-corrected chi connectivity index (χ3v) is 5.76. The van der Waals surface area contributed by atoms with Crippen molar-refractivity contribution in [2.45, 2.75) is 11.9 Å². The Balaban J connectivity index is 1.59. The van der Waals surface area contributed by atoms with Gasteiger partial charge in [-0.25, -0.2) is 9.78 Å². The molecule has 0 amide bonds. The Morgan fingerprint density at radius 2 is 1.78 bits per heavy atom. The summed E-state index contributed by atoms with van der Waals surface area (Å²) in [5.74, 6) is 0.322. The number of para-hydroxylation sites is 1. The molecule has 0 N–H and O–H groups in total. The number of imidazole rings is 1. The molecule has 0 aliphatic carbocycles. The van der Waals surface area contributed by atoms with Crippen molar-refractivity contribution in [1.82, 2.24) is 14.1 Å². The summed E-state index contributed by atoms with van der Waals surface area (Å²) < 4.78 is 3.15. The Hall–Kier alpha value is -2.86. The minimum atomic E-state index is -0.0974. The van der Waals surface area contributed by atoms with Gasteiger partial charge in [-0.3, -0.25) is 13.9 Å². The van der Waals surface area contributed by atoms with Crippen LogP contribution in [-0.2, 0) is 14.1 Å². The fourth-order valence-corrected chi connectivity index (χ4v) is 4.16. The molecule has 2 aromatic carbocycles. The van der Waals surface area contributed by atoms with Gasteiger partial charge in [-0.15, -0.1) is 0 Å². The van der Waals surface area contributed by atoms with Crippen LogP contribution in [-0.4, -0.2) is 25.7 Å². The third-order valence-electron chi connectivity index (χ3n) is 4.84. The summed E-state index contributed by atoms with van der Waals surface area (Å²) in [7, 11) is 3.45. The van der Waals surface area contributed by atoms with E-state index in [0.717, 1.165) is 32.5 Å². The van der Waals surface area contributed by atoms with Gasteiger partial charge in [0.2, 0.25) is 0 Å². The second kappa shape index (κ2) is 6.70. The Bertz CT molecular complexity index is 1250. The van der Waals surface area contributed by atoms with Crippen LogP contribution in [0.25, 0.3) is 21.9 Å². The average molecular weight is 377 g/mol. The van der Waals surface area contributed by atoms with Gasteiger partial charge in [-0.05, 0) is 42.8 Å². The van der Waals surface area contributed by atoms with Crippen LogP contribution in [0.15, 0.2) is 58.4 Å². The maximum atomic E-state index is 12.7. The quantitative estimate of drug-likeness (QED) is 0.402. The van der Waals surface area contributed by atoms with Crippen molar-refractivity contribution in [3.63, 3.8) is 0 Å². The van der Waals surface area contributed by atoms with Gasteiger partial charge >= 0.3 is 5.69 Å². The Morgan fingerprint density at radius 3 is 2.59 bits per heavy atom. The molecule has 4 aromatic rings. The molecule has 136 valence electrons. The van der Waals surface area contributed by atoms with Crippen LogP contribution in [0, 0.1) is 6.92 Å². The molecule has 0 saturated carbocycles. The van der Waals surface area contributed by atoms with Crippen molar-refractivity contribution < 1.29 is 4.79 Å². The van der Waals surface area contributed by atoms with E-state index in [1.807, 2.05) is 30.3 Å². The number of ketones is 1. The number of nitrogens with zero attached hydrogens (tertiary/aromatic N) is 3. The van der Waals surface area contributed by atoms with Crippen LogP contribution in [0.3, 0.4) is 0 Å². The highest BCUT2D eigenvalue weighted by Gasteiger charge is 2.13. The molecule has 0 saturated heterocycles. The van der Waals surface area contributed by atoms with Crippen LogP contribution in [0.1, 0.15) is 15.9 Å². The molecule has 27 heavy (non-hydrogen) atoms. The van der Waals surface area contributed by atoms with Crippen molar-refractivity contribution in [2.75, 3.05) is 5.75 Å². The van der Waals surface area contributed by atoms with E-state index in [1.54, 1.807) is 35.4 Å². The van der Waals surface area contributed by atoms with E-state index < -0.39 is 0 Å². The summed E-state index contributed by atoms with van der Waals surface area (Å²) in [6, 6.07) is 15.4. The zero-order chi connectivity index (χ0) is 19.1. The number of benzene rings is 2. The Labute approximate surface area is 160 Å². The van der Waals surface area contributed by atoms with E-state index >= 15 is 0 Å². The van der Waals surface area contributed by atoms with E-state index in [2.05, 4.69) is 18.0 Å². The summed E-state index contributed by atoms with van der Waals surface area (Å²) in [4.78, 5) is 29.4. The number of hydrogen-bond acceptors (Lipinski definition) is 4. The lowest BCUT2D eigenvalue weighted by Crippen LogP contribution is -2.19. The first-order valence-corrected chi connectivity index (χ1v) is 9.62. The first-order chi connectivity index (χ1) is 13.0. The van der Waals surface area contributed by atoms with Gasteiger partial charge in [0.25, 0.3) is 0 Å². The van der Waals surface area contributed by atoms with E-state index in [4.69, 9.17) is 0 Å². The highest BCUT2D eigenvalue weighted by Crippen LogP contribution is 2.24. The normalized spacial score (nSPS) is 11.4. The maximum Gasteiger partial charge on any atom is 0.328 e. The van der Waals surface area contributed by atoms with Crippen molar-refractivity contribution in [2.24, 2.45) is 14.1 Å². The minimum Gasteiger partial charge on any atom is -0.295 e. The number of rotatable bonds is 4. The lowest BCUT2D eigenvalue weighted by molar-refractivity contribution is 0.102. The number of aryl methyl sites for hydroxylation is 3. The largest absolute Gasteiger partial charge is 0.328 e. The monoisotopic (exact) mass is 377 g/mol. The van der Waals surface area contributed by atoms with Crippen LogP contribution in [0.2, 0.25) is 0 Å². The lowest BCUT2D eigenvalue weighted by Gasteiger charge is -2.06. The molecule has 0 fully saturated rings. The molecule has 2 aromatic heterocycles. The van der Waals surface area contributed by atoms with Crippen LogP contribution < -0.4 is 5.69 Å². The molecular weight excluding hydrogens is 358 g/mol. The van der Waals surface area contributed by atoms with E-state index in [1.165, 1.54) is 11.8 Å². The van der Waals surface area contributed by atoms with Crippen LogP contribution >= 0.6 is 11.8 Å². The number of carbonyl (C=O) groups excluding carboxylic acids is 1. The number of fused-ring (bicyclic) bond motifs is 2. The van der Waals surface area contributed by atoms with Gasteiger partial charge in [-0.2, -0.15) is 0 Å². The predicted molar refractivity (Wildman–Crippen MR) is 110 cm³/mol. The molecule has 0 atom stereocenters. The molecule has 4 rings (SSSR count). The molecule has 0 unspecified atom stereocenters. The zero-order valence-corrected chi connectivity index (χ0v) is 16.2. The molecule has 0 aliphatic heterocycles. The first kappa shape index (κ1) is 17.5. The standard InChI is InChI=1S/C21H19N3O2S/c1-13-10-20(22-16-7-5-4-6-15(13)16)27-12-19(25)14-8-9-17-18(11-14)24(3)21(26)23(17)2/h4-11H,12H2,1-3H3. The molecule has 0 bridgehead atoms. The summed E-state index contributed by atoms with van der Waals surface area (Å²) >= 11 is 1.44. The van der Waals surface area contributed by atoms with Crippen molar-refractivity contribution in [1.29, 1.82) is 0 Å². The van der Waals surface area contributed by atoms with Gasteiger partial charge in [0.1, 0.15) is 0 Å². The smallest absolute Gasteiger partial charge is 0.295 e. The molecule has 5 nitrogen and oxygen atoms in total. The van der Waals surface area contributed by atoms with Crippen molar-refractivity contribution in [3.05, 3.63) is 70.1 Å². The van der Waals surface area contributed by atoms with E-state index in [9.17, 15) is 9.59 Å². The Kier molecular flexibility index (Phi) is 4.36. The highest BCUT2D eigenvalue weighted by atomic mass is 32.2. The van der Waals surface area contributed by atoms with Gasteiger partial charge in [0.05, 0.1) is 27.3 Å². The number of hydrogen-bond donors (Lipinski definition) is 0. The second-order valence-electron chi connectivity index (χ2n) is 6.61. The number of aromatic nitrogens is 3. The summed E-state index contributed by atoms with van der Waals surface area (Å²) in [6.07, 6.45) is 0. The topological polar surface area (TPSA) is 56.9 Å². The molecule has 6 heteroatoms. The van der Waals surface area contributed by atoms with Crippen molar-refractivity contribution >= 4 is 39.5 Å². The zero-order valence-electron chi connectivity index (χ0n) is 15.4. The number of Topliss-reactive ketones (excluding diaryl/α,β-unsaturated/α-hetero) is 1. The molecule has 0 aliphatic rings. The maximum absolute atomic E-state index is 12.7. The van der Waals surface area contributed by atoms with E-state index in [0.29, 0.717) is 11.3 Å². The van der Waals surface area contributed by atoms with Crippen LogP contribution in [0.5, 0.6) is 0 Å². The van der Waals surface area contributed by atoms with Crippen LogP contribution in [0.4, 0.5) is 0 Å². The molecular formula is C21H19N3O2S. The molecule has 0 spiro atoms. The van der Waals surface area contributed by atoms with E-state index in [-0.39, 0.29) is 11.5 Å². The molecule has 0 radical (unpaired) electrons. The highest BCUT2D eigenvalue weighted by molar-refractivity contribution is 7.99. The minimum absolute atomic E-state index is 0.0193. The fraction of sp³-hybridized carbons (Fsp3) is 0.190. The van der Waals surface area contributed by atoms with Gasteiger partial charge < -0.3 is 0 Å². The SMILES string of the molecule is Cc1cc(SCC(=O)c2ccc3c(c2)n(C)c(=O)n3C)nc2ccccc12. The first-order valence-electron chi connectivity index (χ1n) is 8.63. The summed E-state index contributed by atoms with van der Waals surface area (Å²) in [5, 5.41) is 1.97. The Morgan fingerprint density at radius 1 is 1.04 bits per heavy atom. The molecule has 2 heterocycles. The van der Waals surface area contributed by atoms with Gasteiger partial charge in [0.15, 0.2) is 5.78 Å². The van der Waals surface area contributed by atoms with Crippen molar-refractivity contribution in [3.8, 4) is 0 Å². The average Bonchev–Trinajstić information content (AvgIpc) is 2.90. The van der Waals surface area contributed by atoms with Gasteiger partial charge in [-0.1, -0.05) is 30.0 Å². The summed E-state index contributed by atoms with van der Waals surface area (Å²) in [5.41, 5.74) is 4.18. The van der Waals surface area contributed by atoms with Gasteiger partial charge in [0, 0.05) is 25.0 Å². The number of carbonyl (C=O) groups is 1. The fourth-order valence-electron chi connectivity index (χ4n) is 3.30.